The Balaban J connectivity index is 3.16. The first-order valence-corrected chi connectivity index (χ1v) is 7.96. The number of hydrogen-bond donors (Lipinski definition) is 0. The van der Waals surface area contributed by atoms with E-state index in [1.807, 2.05) is 19.9 Å². The summed E-state index contributed by atoms with van der Waals surface area (Å²) in [5.41, 5.74) is 0. The fraction of sp³-hybridized carbons (Fsp3) is 0.571. The Morgan fingerprint density at radius 3 is 2.06 bits per heavy atom. The minimum atomic E-state index is -3.37. The summed E-state index contributed by atoms with van der Waals surface area (Å²) in [5, 5.41) is 0. The van der Waals surface area contributed by atoms with E-state index in [9.17, 15) is 8.42 Å². The summed E-state index contributed by atoms with van der Waals surface area (Å²) >= 11 is 0. The van der Waals surface area contributed by atoms with E-state index in [0.717, 1.165) is 6.42 Å². The third-order valence-corrected chi connectivity index (χ3v) is 5.23. The summed E-state index contributed by atoms with van der Waals surface area (Å²) in [5.74, 6) is 0.313. The molecule has 1 unspecified atom stereocenters. The third kappa shape index (κ3) is 3.12. The van der Waals surface area contributed by atoms with Crippen LogP contribution < -0.4 is 0 Å². The zero-order valence-corrected chi connectivity index (χ0v) is 12.4. The molecule has 0 fully saturated rings. The van der Waals surface area contributed by atoms with Crippen LogP contribution in [-0.2, 0) is 10.0 Å². The summed E-state index contributed by atoms with van der Waals surface area (Å²) in [7, 11) is -3.37. The van der Waals surface area contributed by atoms with E-state index in [0.29, 0.717) is 17.4 Å². The summed E-state index contributed by atoms with van der Waals surface area (Å²) in [6.07, 6.45) is 0.831. The molecule has 0 saturated heterocycles. The Bertz CT molecular complexity index is 454. The van der Waals surface area contributed by atoms with Crippen LogP contribution in [0.2, 0.25) is 0 Å². The molecule has 0 amide bonds. The van der Waals surface area contributed by atoms with Crippen LogP contribution in [0.3, 0.4) is 0 Å². The van der Waals surface area contributed by atoms with Crippen LogP contribution in [0, 0.1) is 5.92 Å². The van der Waals surface area contributed by atoms with E-state index >= 15 is 0 Å². The fourth-order valence-corrected chi connectivity index (χ4v) is 4.18. The smallest absolute Gasteiger partial charge is 0.207 e. The Morgan fingerprint density at radius 1 is 1.11 bits per heavy atom. The minimum Gasteiger partial charge on any atom is -0.207 e. The zero-order valence-electron chi connectivity index (χ0n) is 11.6. The molecule has 3 nitrogen and oxygen atoms in total. The van der Waals surface area contributed by atoms with Crippen molar-refractivity contribution in [1.29, 1.82) is 0 Å². The molecule has 0 aliphatic carbocycles. The maximum Gasteiger partial charge on any atom is 0.243 e. The second-order valence-corrected chi connectivity index (χ2v) is 6.63. The average Bonchev–Trinajstić information content (AvgIpc) is 2.36. The summed E-state index contributed by atoms with van der Waals surface area (Å²) in [6, 6.07) is 8.72. The van der Waals surface area contributed by atoms with Gasteiger partial charge in [-0.05, 0) is 24.5 Å². The van der Waals surface area contributed by atoms with Gasteiger partial charge in [0.1, 0.15) is 0 Å². The van der Waals surface area contributed by atoms with Crippen LogP contribution in [0.5, 0.6) is 0 Å². The number of benzene rings is 1. The van der Waals surface area contributed by atoms with Crippen molar-refractivity contribution in [2.75, 3.05) is 6.54 Å². The van der Waals surface area contributed by atoms with Crippen molar-refractivity contribution in [2.24, 2.45) is 5.92 Å². The SMILES string of the molecule is CCC(C(C)C)N(CC)S(=O)(=O)c1ccccc1. The first-order chi connectivity index (χ1) is 8.45. The predicted octanol–water partition coefficient (Wildman–Crippen LogP) is 3.13. The third-order valence-electron chi connectivity index (χ3n) is 3.22. The van der Waals surface area contributed by atoms with Crippen molar-refractivity contribution in [2.45, 2.75) is 45.1 Å². The van der Waals surface area contributed by atoms with Gasteiger partial charge in [0, 0.05) is 12.6 Å². The summed E-state index contributed by atoms with van der Waals surface area (Å²) in [6.45, 7) is 8.57. The quantitative estimate of drug-likeness (QED) is 0.795. The zero-order chi connectivity index (χ0) is 13.8. The van der Waals surface area contributed by atoms with E-state index in [2.05, 4.69) is 13.8 Å². The maximum absolute atomic E-state index is 12.6. The minimum absolute atomic E-state index is 0.0557. The molecule has 0 aromatic heterocycles. The molecule has 0 aliphatic heterocycles. The molecule has 1 aromatic carbocycles. The van der Waals surface area contributed by atoms with E-state index in [1.165, 1.54) is 0 Å². The van der Waals surface area contributed by atoms with Gasteiger partial charge in [-0.25, -0.2) is 8.42 Å². The highest BCUT2D eigenvalue weighted by molar-refractivity contribution is 7.89. The van der Waals surface area contributed by atoms with Crippen molar-refractivity contribution in [1.82, 2.24) is 4.31 Å². The molecule has 0 bridgehead atoms. The van der Waals surface area contributed by atoms with Gasteiger partial charge in [0.2, 0.25) is 10.0 Å². The lowest BCUT2D eigenvalue weighted by Gasteiger charge is -2.32. The molecule has 0 saturated carbocycles. The van der Waals surface area contributed by atoms with Gasteiger partial charge >= 0.3 is 0 Å². The summed E-state index contributed by atoms with van der Waals surface area (Å²) < 4.78 is 26.8. The van der Waals surface area contributed by atoms with E-state index in [4.69, 9.17) is 0 Å². The topological polar surface area (TPSA) is 37.4 Å². The van der Waals surface area contributed by atoms with Gasteiger partial charge < -0.3 is 0 Å². The van der Waals surface area contributed by atoms with Crippen molar-refractivity contribution in [3.05, 3.63) is 30.3 Å². The van der Waals surface area contributed by atoms with Crippen LogP contribution in [-0.4, -0.2) is 25.3 Å². The molecule has 0 aliphatic rings. The first-order valence-electron chi connectivity index (χ1n) is 6.52. The van der Waals surface area contributed by atoms with Crippen molar-refractivity contribution < 1.29 is 8.42 Å². The van der Waals surface area contributed by atoms with Gasteiger partial charge in [0.05, 0.1) is 4.90 Å². The average molecular weight is 269 g/mol. The summed E-state index contributed by atoms with van der Waals surface area (Å²) in [4.78, 5) is 0.381. The number of nitrogens with zero attached hydrogens (tertiary/aromatic N) is 1. The highest BCUT2D eigenvalue weighted by atomic mass is 32.2. The molecular formula is C14H23NO2S. The first kappa shape index (κ1) is 15.2. The van der Waals surface area contributed by atoms with Crippen LogP contribution >= 0.6 is 0 Å². The molecule has 4 heteroatoms. The second-order valence-electron chi connectivity index (χ2n) is 4.74. The van der Waals surface area contributed by atoms with Gasteiger partial charge in [-0.2, -0.15) is 4.31 Å². The van der Waals surface area contributed by atoms with Gasteiger partial charge in [-0.3, -0.25) is 0 Å². The lowest BCUT2D eigenvalue weighted by molar-refractivity contribution is 0.259. The Kier molecular flexibility index (Phi) is 5.35. The number of sulfonamides is 1. The maximum atomic E-state index is 12.6. The van der Waals surface area contributed by atoms with Gasteiger partial charge in [0.25, 0.3) is 0 Å². The molecule has 0 heterocycles. The largest absolute Gasteiger partial charge is 0.243 e. The molecule has 0 N–H and O–H groups in total. The van der Waals surface area contributed by atoms with E-state index in [1.54, 1.807) is 28.6 Å². The lowest BCUT2D eigenvalue weighted by Crippen LogP contribution is -2.42. The van der Waals surface area contributed by atoms with Gasteiger partial charge in [-0.15, -0.1) is 0 Å². The fourth-order valence-electron chi connectivity index (χ4n) is 2.32. The molecule has 0 spiro atoms. The van der Waals surface area contributed by atoms with Crippen molar-refractivity contribution >= 4 is 10.0 Å². The molecule has 102 valence electrons. The highest BCUT2D eigenvalue weighted by Gasteiger charge is 2.30. The lowest BCUT2D eigenvalue weighted by atomic mass is 10.0. The van der Waals surface area contributed by atoms with Crippen LogP contribution in [0.1, 0.15) is 34.1 Å². The van der Waals surface area contributed by atoms with Gasteiger partial charge in [0.15, 0.2) is 0 Å². The molecule has 0 radical (unpaired) electrons. The monoisotopic (exact) mass is 269 g/mol. The molecular weight excluding hydrogens is 246 g/mol. The Morgan fingerprint density at radius 2 is 1.67 bits per heavy atom. The van der Waals surface area contributed by atoms with Crippen molar-refractivity contribution in [3.8, 4) is 0 Å². The van der Waals surface area contributed by atoms with Crippen LogP contribution in [0.4, 0.5) is 0 Å². The number of rotatable bonds is 6. The normalized spacial score (nSPS) is 14.1. The van der Waals surface area contributed by atoms with Crippen LogP contribution in [0.25, 0.3) is 0 Å². The van der Waals surface area contributed by atoms with Crippen LogP contribution in [0.15, 0.2) is 35.2 Å². The van der Waals surface area contributed by atoms with E-state index < -0.39 is 10.0 Å². The molecule has 1 rings (SSSR count). The second kappa shape index (κ2) is 6.34. The number of hydrogen-bond acceptors (Lipinski definition) is 2. The molecule has 1 atom stereocenters. The highest BCUT2D eigenvalue weighted by Crippen LogP contribution is 2.23. The Hall–Kier alpha value is -0.870. The van der Waals surface area contributed by atoms with Crippen molar-refractivity contribution in [3.63, 3.8) is 0 Å². The standard InChI is InChI=1S/C14H23NO2S/c1-5-14(12(3)4)15(6-2)18(16,17)13-10-8-7-9-11-13/h7-12,14H,5-6H2,1-4H3. The predicted molar refractivity (Wildman–Crippen MR) is 74.9 cm³/mol. The Labute approximate surface area is 111 Å². The van der Waals surface area contributed by atoms with E-state index in [-0.39, 0.29) is 6.04 Å². The molecule has 18 heavy (non-hydrogen) atoms. The molecule has 1 aromatic rings. The van der Waals surface area contributed by atoms with Gasteiger partial charge in [-0.1, -0.05) is 45.9 Å².